The third-order valence-electron chi connectivity index (χ3n) is 2.79. The van der Waals surface area contributed by atoms with E-state index in [-0.39, 0.29) is 5.97 Å². The lowest BCUT2D eigenvalue weighted by Crippen LogP contribution is -1.98. The number of allylic oxidation sites excluding steroid dienone is 1. The summed E-state index contributed by atoms with van der Waals surface area (Å²) >= 11 is 0. The van der Waals surface area contributed by atoms with Crippen LogP contribution in [0.3, 0.4) is 0 Å². The molecule has 0 amide bonds. The zero-order valence-corrected chi connectivity index (χ0v) is 10.8. The summed E-state index contributed by atoms with van der Waals surface area (Å²) in [6, 6.07) is 8.47. The van der Waals surface area contributed by atoms with Gasteiger partial charge in [0.1, 0.15) is 0 Å². The molecule has 0 fully saturated rings. The second-order valence-electron chi connectivity index (χ2n) is 4.17. The predicted molar refractivity (Wildman–Crippen MR) is 69.9 cm³/mol. The molecule has 2 nitrogen and oxygen atoms in total. The summed E-state index contributed by atoms with van der Waals surface area (Å²) in [5.74, 6) is -0.258. The van der Waals surface area contributed by atoms with E-state index in [1.165, 1.54) is 18.2 Å². The Bertz CT molecular complexity index is 405. The molecule has 0 aromatic heterocycles. The molecule has 0 atom stereocenters. The van der Waals surface area contributed by atoms with Gasteiger partial charge in [-0.25, -0.2) is 4.79 Å². The van der Waals surface area contributed by atoms with Gasteiger partial charge in [0.15, 0.2) is 0 Å². The maximum atomic E-state index is 11.1. The minimum Gasteiger partial charge on any atom is -0.466 e. The Morgan fingerprint density at radius 2 is 2.18 bits per heavy atom. The average Bonchev–Trinajstić information content (AvgIpc) is 2.34. The minimum absolute atomic E-state index is 0.258. The van der Waals surface area contributed by atoms with Crippen LogP contribution in [0.1, 0.15) is 30.9 Å². The monoisotopic (exact) mass is 232 g/mol. The smallest absolute Gasteiger partial charge is 0.330 e. The number of methoxy groups -OCH3 is 1. The van der Waals surface area contributed by atoms with E-state index in [2.05, 4.69) is 42.8 Å². The van der Waals surface area contributed by atoms with Crippen LogP contribution in [0.15, 0.2) is 35.9 Å². The summed E-state index contributed by atoms with van der Waals surface area (Å²) in [5, 5.41) is 0. The van der Waals surface area contributed by atoms with Crippen molar-refractivity contribution < 1.29 is 9.53 Å². The van der Waals surface area contributed by atoms with E-state index in [9.17, 15) is 4.79 Å². The van der Waals surface area contributed by atoms with E-state index in [4.69, 9.17) is 0 Å². The standard InChI is InChI=1S/C15H20O2/c1-4-13(11-15(16)17-3)8-9-14-7-5-6-12(2)10-14/h5-7,10-11H,4,8-9H2,1-3H3/b13-11+. The Kier molecular flexibility index (Phi) is 5.47. The van der Waals surface area contributed by atoms with Crippen molar-refractivity contribution in [1.82, 2.24) is 0 Å². The minimum atomic E-state index is -0.258. The Labute approximate surface area is 103 Å². The van der Waals surface area contributed by atoms with E-state index < -0.39 is 0 Å². The van der Waals surface area contributed by atoms with Gasteiger partial charge in [-0.3, -0.25) is 0 Å². The number of esters is 1. The van der Waals surface area contributed by atoms with Gasteiger partial charge in [-0.2, -0.15) is 0 Å². The fraction of sp³-hybridized carbons (Fsp3) is 0.400. The second-order valence-corrected chi connectivity index (χ2v) is 4.17. The molecule has 0 unspecified atom stereocenters. The molecule has 0 radical (unpaired) electrons. The summed E-state index contributed by atoms with van der Waals surface area (Å²) in [5.41, 5.74) is 3.73. The maximum absolute atomic E-state index is 11.1. The molecule has 0 N–H and O–H groups in total. The summed E-state index contributed by atoms with van der Waals surface area (Å²) in [4.78, 5) is 11.1. The Balaban J connectivity index is 2.59. The highest BCUT2D eigenvalue weighted by molar-refractivity contribution is 5.82. The van der Waals surface area contributed by atoms with Gasteiger partial charge >= 0.3 is 5.97 Å². The van der Waals surface area contributed by atoms with Crippen LogP contribution in [-0.4, -0.2) is 13.1 Å². The molecular weight excluding hydrogens is 212 g/mol. The highest BCUT2D eigenvalue weighted by atomic mass is 16.5. The Morgan fingerprint density at radius 3 is 2.76 bits per heavy atom. The van der Waals surface area contributed by atoms with Gasteiger partial charge < -0.3 is 4.74 Å². The highest BCUT2D eigenvalue weighted by Gasteiger charge is 2.01. The molecule has 0 bridgehead atoms. The number of ether oxygens (including phenoxy) is 1. The van der Waals surface area contributed by atoms with Gasteiger partial charge in [0, 0.05) is 6.08 Å². The van der Waals surface area contributed by atoms with Crippen LogP contribution in [0.5, 0.6) is 0 Å². The predicted octanol–water partition coefficient (Wildman–Crippen LogP) is 3.44. The lowest BCUT2D eigenvalue weighted by molar-refractivity contribution is -0.134. The largest absolute Gasteiger partial charge is 0.466 e. The van der Waals surface area contributed by atoms with Gasteiger partial charge in [0.25, 0.3) is 0 Å². The zero-order valence-electron chi connectivity index (χ0n) is 10.8. The van der Waals surface area contributed by atoms with Crippen molar-refractivity contribution in [2.24, 2.45) is 0 Å². The lowest BCUT2D eigenvalue weighted by atomic mass is 10.0. The molecule has 1 rings (SSSR count). The van der Waals surface area contributed by atoms with Crippen molar-refractivity contribution in [3.05, 3.63) is 47.0 Å². The zero-order chi connectivity index (χ0) is 12.7. The quantitative estimate of drug-likeness (QED) is 0.574. The molecule has 0 saturated heterocycles. The molecule has 0 heterocycles. The first-order valence-corrected chi connectivity index (χ1v) is 5.98. The lowest BCUT2D eigenvalue weighted by Gasteiger charge is -2.05. The van der Waals surface area contributed by atoms with Crippen molar-refractivity contribution in [3.63, 3.8) is 0 Å². The molecule has 2 heteroatoms. The molecule has 1 aromatic carbocycles. The molecule has 1 aromatic rings. The first kappa shape index (κ1) is 13.5. The van der Waals surface area contributed by atoms with Gasteiger partial charge in [-0.1, -0.05) is 42.3 Å². The van der Waals surface area contributed by atoms with Crippen molar-refractivity contribution in [3.8, 4) is 0 Å². The summed E-state index contributed by atoms with van der Waals surface area (Å²) < 4.78 is 4.64. The topological polar surface area (TPSA) is 26.3 Å². The number of benzene rings is 1. The van der Waals surface area contributed by atoms with Crippen LogP contribution < -0.4 is 0 Å². The van der Waals surface area contributed by atoms with Crippen molar-refractivity contribution in [2.75, 3.05) is 7.11 Å². The third kappa shape index (κ3) is 4.85. The number of carbonyl (C=O) groups is 1. The van der Waals surface area contributed by atoms with Crippen LogP contribution in [0.25, 0.3) is 0 Å². The summed E-state index contributed by atoms with van der Waals surface area (Å²) in [6.45, 7) is 4.15. The fourth-order valence-corrected chi connectivity index (χ4v) is 1.75. The van der Waals surface area contributed by atoms with Gasteiger partial charge in [-0.05, 0) is 31.7 Å². The van der Waals surface area contributed by atoms with E-state index >= 15 is 0 Å². The molecule has 17 heavy (non-hydrogen) atoms. The first-order valence-electron chi connectivity index (χ1n) is 5.98. The molecule has 0 aliphatic carbocycles. The van der Waals surface area contributed by atoms with Crippen molar-refractivity contribution >= 4 is 5.97 Å². The maximum Gasteiger partial charge on any atom is 0.330 e. The molecule has 0 spiro atoms. The van der Waals surface area contributed by atoms with E-state index in [0.29, 0.717) is 0 Å². The summed E-state index contributed by atoms with van der Waals surface area (Å²) in [6.07, 6.45) is 4.38. The number of rotatable bonds is 5. The first-order chi connectivity index (χ1) is 8.15. The highest BCUT2D eigenvalue weighted by Crippen LogP contribution is 2.13. The SMILES string of the molecule is CC/C(=C\C(=O)OC)CCc1cccc(C)c1. The van der Waals surface area contributed by atoms with Crippen LogP contribution >= 0.6 is 0 Å². The number of hydrogen-bond donors (Lipinski definition) is 0. The Hall–Kier alpha value is -1.57. The van der Waals surface area contributed by atoms with Crippen LogP contribution in [0, 0.1) is 6.92 Å². The number of hydrogen-bond acceptors (Lipinski definition) is 2. The molecule has 92 valence electrons. The van der Waals surface area contributed by atoms with Crippen LogP contribution in [-0.2, 0) is 16.0 Å². The van der Waals surface area contributed by atoms with Gasteiger partial charge in [0.2, 0.25) is 0 Å². The molecular formula is C15H20O2. The number of carbonyl (C=O) groups excluding carboxylic acids is 1. The van der Waals surface area contributed by atoms with Crippen molar-refractivity contribution in [2.45, 2.75) is 33.1 Å². The van der Waals surface area contributed by atoms with E-state index in [1.807, 2.05) is 0 Å². The second kappa shape index (κ2) is 6.89. The van der Waals surface area contributed by atoms with Gasteiger partial charge in [-0.15, -0.1) is 0 Å². The van der Waals surface area contributed by atoms with E-state index in [1.54, 1.807) is 6.08 Å². The van der Waals surface area contributed by atoms with Crippen LogP contribution in [0.4, 0.5) is 0 Å². The Morgan fingerprint density at radius 1 is 1.41 bits per heavy atom. The molecule has 0 aliphatic rings. The molecule has 0 saturated carbocycles. The fourth-order valence-electron chi connectivity index (χ4n) is 1.75. The average molecular weight is 232 g/mol. The summed E-state index contributed by atoms with van der Waals surface area (Å²) in [7, 11) is 1.41. The number of aryl methyl sites for hydroxylation is 2. The van der Waals surface area contributed by atoms with Crippen LogP contribution in [0.2, 0.25) is 0 Å². The normalized spacial score (nSPS) is 11.4. The van der Waals surface area contributed by atoms with E-state index in [0.717, 1.165) is 24.8 Å². The van der Waals surface area contributed by atoms with Gasteiger partial charge in [0.05, 0.1) is 7.11 Å². The third-order valence-corrected chi connectivity index (χ3v) is 2.79. The van der Waals surface area contributed by atoms with Crippen molar-refractivity contribution in [1.29, 1.82) is 0 Å². The molecule has 0 aliphatic heterocycles.